The van der Waals surface area contributed by atoms with E-state index in [9.17, 15) is 9.59 Å². The molecule has 0 saturated heterocycles. The average Bonchev–Trinajstić information content (AvgIpc) is 3.07. The van der Waals surface area contributed by atoms with Crippen molar-refractivity contribution in [2.75, 3.05) is 6.61 Å². The summed E-state index contributed by atoms with van der Waals surface area (Å²) >= 11 is 0. The highest BCUT2D eigenvalue weighted by Crippen LogP contribution is 2.12. The number of aryl methyl sites for hydroxylation is 1. The molecule has 0 unspecified atom stereocenters. The highest BCUT2D eigenvalue weighted by Gasteiger charge is 2.14. The molecule has 2 aromatic rings. The Bertz CT molecular complexity index is 617. The van der Waals surface area contributed by atoms with Crippen molar-refractivity contribution < 1.29 is 18.7 Å². The van der Waals surface area contributed by atoms with Gasteiger partial charge in [0.25, 0.3) is 5.91 Å². The van der Waals surface area contributed by atoms with Gasteiger partial charge in [-0.05, 0) is 43.2 Å². The smallest absolute Gasteiger partial charge is 0.338 e. The number of amides is 1. The molecule has 1 aromatic heterocycles. The molecule has 5 nitrogen and oxygen atoms in total. The van der Waals surface area contributed by atoms with Crippen LogP contribution < -0.4 is 5.32 Å². The number of hydrogen-bond donors (Lipinski definition) is 1. The molecule has 0 aliphatic heterocycles. The van der Waals surface area contributed by atoms with Gasteiger partial charge in [0.05, 0.1) is 17.9 Å². The lowest BCUT2D eigenvalue weighted by Gasteiger charge is -2.11. The van der Waals surface area contributed by atoms with Gasteiger partial charge in [-0.15, -0.1) is 0 Å². The average molecular weight is 301 g/mol. The number of furan rings is 1. The predicted octanol–water partition coefficient (Wildman–Crippen LogP) is 2.88. The zero-order chi connectivity index (χ0) is 15.9. The summed E-state index contributed by atoms with van der Waals surface area (Å²) in [5.74, 6) is -0.235. The molecule has 22 heavy (non-hydrogen) atoms. The van der Waals surface area contributed by atoms with Crippen LogP contribution >= 0.6 is 0 Å². The van der Waals surface area contributed by atoms with Gasteiger partial charge >= 0.3 is 5.97 Å². The van der Waals surface area contributed by atoms with Crippen LogP contribution in [0.25, 0.3) is 0 Å². The van der Waals surface area contributed by atoms with Gasteiger partial charge < -0.3 is 14.5 Å². The number of carbonyl (C=O) groups is 2. The summed E-state index contributed by atoms with van der Waals surface area (Å²) in [5, 5.41) is 2.70. The lowest BCUT2D eigenvalue weighted by atomic mass is 10.1. The molecule has 1 atom stereocenters. The number of benzene rings is 1. The van der Waals surface area contributed by atoms with E-state index in [4.69, 9.17) is 9.15 Å². The molecule has 0 spiro atoms. The van der Waals surface area contributed by atoms with Crippen molar-refractivity contribution in [3.63, 3.8) is 0 Å². The third-order valence-electron chi connectivity index (χ3n) is 3.28. The summed E-state index contributed by atoms with van der Waals surface area (Å²) in [6.45, 7) is 3.51. The van der Waals surface area contributed by atoms with E-state index in [2.05, 4.69) is 5.32 Å². The Morgan fingerprint density at radius 2 is 1.95 bits per heavy atom. The molecule has 1 aromatic carbocycles. The predicted molar refractivity (Wildman–Crippen MR) is 81.4 cm³/mol. The minimum absolute atomic E-state index is 0.273. The number of rotatable bonds is 6. The molecule has 0 aliphatic carbocycles. The molecule has 1 amide bonds. The molecular weight excluding hydrogens is 282 g/mol. The zero-order valence-corrected chi connectivity index (χ0v) is 12.7. The first-order valence-corrected chi connectivity index (χ1v) is 7.19. The quantitative estimate of drug-likeness (QED) is 0.833. The van der Waals surface area contributed by atoms with E-state index in [0.717, 1.165) is 12.0 Å². The molecule has 0 saturated carbocycles. The van der Waals surface area contributed by atoms with Crippen LogP contribution in [-0.4, -0.2) is 18.5 Å². The maximum atomic E-state index is 11.8. The number of carbonyl (C=O) groups excluding carboxylic acids is 2. The van der Waals surface area contributed by atoms with Crippen LogP contribution in [0.4, 0.5) is 0 Å². The van der Waals surface area contributed by atoms with Crippen LogP contribution in [0.1, 0.15) is 41.6 Å². The van der Waals surface area contributed by atoms with Crippen molar-refractivity contribution in [1.29, 1.82) is 0 Å². The third kappa shape index (κ3) is 4.22. The Morgan fingerprint density at radius 3 is 2.55 bits per heavy atom. The highest BCUT2D eigenvalue weighted by atomic mass is 16.5. The minimum atomic E-state index is -0.511. The monoisotopic (exact) mass is 301 g/mol. The number of ether oxygens (including phenoxy) is 1. The van der Waals surface area contributed by atoms with E-state index < -0.39 is 5.97 Å². The van der Waals surface area contributed by atoms with E-state index in [1.54, 1.807) is 31.2 Å². The van der Waals surface area contributed by atoms with Crippen molar-refractivity contribution in [2.45, 2.75) is 26.3 Å². The molecule has 5 heteroatoms. The van der Waals surface area contributed by atoms with Crippen molar-refractivity contribution in [1.82, 2.24) is 5.32 Å². The topological polar surface area (TPSA) is 68.5 Å². The van der Waals surface area contributed by atoms with Crippen LogP contribution in [0.3, 0.4) is 0 Å². The largest absolute Gasteiger partial charge is 0.467 e. The summed E-state index contributed by atoms with van der Waals surface area (Å²) in [5.41, 5.74) is 1.57. The Balaban J connectivity index is 1.81. The van der Waals surface area contributed by atoms with Gasteiger partial charge in [0.15, 0.2) is 6.61 Å². The fraction of sp³-hybridized carbons (Fsp3) is 0.294. The Hall–Kier alpha value is -2.56. The Kier molecular flexibility index (Phi) is 5.36. The molecule has 116 valence electrons. The van der Waals surface area contributed by atoms with Crippen LogP contribution in [0, 0.1) is 0 Å². The second kappa shape index (κ2) is 7.45. The first-order valence-electron chi connectivity index (χ1n) is 7.19. The van der Waals surface area contributed by atoms with Gasteiger partial charge in [0, 0.05) is 0 Å². The Labute approximate surface area is 129 Å². The number of hydrogen-bond acceptors (Lipinski definition) is 4. The standard InChI is InChI=1S/C17H19NO4/c1-3-13-6-8-14(9-7-13)17(20)22-11-16(19)18-12(2)15-5-4-10-21-15/h4-10,12H,3,11H2,1-2H3,(H,18,19)/t12-/m1/s1. The number of esters is 1. The molecular formula is C17H19NO4. The van der Waals surface area contributed by atoms with Crippen molar-refractivity contribution in [3.8, 4) is 0 Å². The van der Waals surface area contributed by atoms with Gasteiger partial charge in [0.2, 0.25) is 0 Å². The van der Waals surface area contributed by atoms with Crippen molar-refractivity contribution >= 4 is 11.9 Å². The summed E-state index contributed by atoms with van der Waals surface area (Å²) < 4.78 is 10.2. The van der Waals surface area contributed by atoms with Gasteiger partial charge in [0.1, 0.15) is 5.76 Å². The first kappa shape index (κ1) is 15.8. The molecule has 0 fully saturated rings. The van der Waals surface area contributed by atoms with Crippen LogP contribution in [0.5, 0.6) is 0 Å². The fourth-order valence-electron chi connectivity index (χ4n) is 1.98. The normalized spacial score (nSPS) is 11.7. The number of nitrogens with one attached hydrogen (secondary N) is 1. The van der Waals surface area contributed by atoms with E-state index >= 15 is 0 Å². The van der Waals surface area contributed by atoms with Crippen LogP contribution in [0.15, 0.2) is 47.1 Å². The fourth-order valence-corrected chi connectivity index (χ4v) is 1.98. The summed E-state index contributed by atoms with van der Waals surface area (Å²) in [6.07, 6.45) is 2.44. The SMILES string of the molecule is CCc1ccc(C(=O)OCC(=O)N[C@H](C)c2ccco2)cc1. The maximum absolute atomic E-state index is 11.8. The van der Waals surface area contributed by atoms with Crippen LogP contribution in [0.2, 0.25) is 0 Å². The molecule has 0 aliphatic rings. The third-order valence-corrected chi connectivity index (χ3v) is 3.28. The lowest BCUT2D eigenvalue weighted by Crippen LogP contribution is -2.30. The molecule has 1 N–H and O–H groups in total. The van der Waals surface area contributed by atoms with Gasteiger partial charge in [-0.1, -0.05) is 19.1 Å². The molecule has 0 bridgehead atoms. The highest BCUT2D eigenvalue weighted by molar-refractivity contribution is 5.91. The summed E-state index contributed by atoms with van der Waals surface area (Å²) in [4.78, 5) is 23.6. The van der Waals surface area contributed by atoms with Crippen LogP contribution in [-0.2, 0) is 16.0 Å². The second-order valence-corrected chi connectivity index (χ2v) is 4.93. The van der Waals surface area contributed by atoms with E-state index in [1.807, 2.05) is 19.1 Å². The zero-order valence-electron chi connectivity index (χ0n) is 12.7. The first-order chi connectivity index (χ1) is 10.6. The van der Waals surface area contributed by atoms with Gasteiger partial charge in [-0.2, -0.15) is 0 Å². The maximum Gasteiger partial charge on any atom is 0.338 e. The van der Waals surface area contributed by atoms with E-state index in [0.29, 0.717) is 11.3 Å². The van der Waals surface area contributed by atoms with Gasteiger partial charge in [-0.25, -0.2) is 4.79 Å². The summed E-state index contributed by atoms with van der Waals surface area (Å²) in [6, 6.07) is 10.4. The minimum Gasteiger partial charge on any atom is -0.467 e. The van der Waals surface area contributed by atoms with Crippen molar-refractivity contribution in [3.05, 3.63) is 59.5 Å². The molecule has 1 heterocycles. The Morgan fingerprint density at radius 1 is 1.23 bits per heavy atom. The van der Waals surface area contributed by atoms with E-state index in [-0.39, 0.29) is 18.6 Å². The lowest BCUT2D eigenvalue weighted by molar-refractivity contribution is -0.125. The van der Waals surface area contributed by atoms with E-state index in [1.165, 1.54) is 6.26 Å². The molecule has 0 radical (unpaired) electrons. The summed E-state index contributed by atoms with van der Waals surface area (Å²) in [7, 11) is 0. The van der Waals surface area contributed by atoms with Crippen molar-refractivity contribution in [2.24, 2.45) is 0 Å². The van der Waals surface area contributed by atoms with Gasteiger partial charge in [-0.3, -0.25) is 4.79 Å². The molecule has 2 rings (SSSR count). The second-order valence-electron chi connectivity index (χ2n) is 4.93.